The topological polar surface area (TPSA) is 46.6 Å². The number of halogens is 1. The monoisotopic (exact) mass is 375 g/mol. The van der Waals surface area contributed by atoms with Crippen molar-refractivity contribution in [1.82, 2.24) is 4.90 Å². The number of nitrogens with zero attached hydrogens (tertiary/aromatic N) is 1. The van der Waals surface area contributed by atoms with E-state index in [1.54, 1.807) is 42.2 Å². The number of carbonyl (C=O) groups excluding carboxylic acids is 2. The Morgan fingerprint density at radius 1 is 1.16 bits per heavy atom. The van der Waals surface area contributed by atoms with Gasteiger partial charge in [-0.25, -0.2) is 4.79 Å². The third kappa shape index (κ3) is 3.67. The van der Waals surface area contributed by atoms with Crippen LogP contribution in [0.1, 0.15) is 28.2 Å². The molecule has 0 radical (unpaired) electrons. The normalized spacial score (nSPS) is 19.7. The van der Waals surface area contributed by atoms with Crippen molar-refractivity contribution >= 4 is 35.2 Å². The van der Waals surface area contributed by atoms with Crippen molar-refractivity contribution in [2.75, 3.05) is 12.4 Å². The molecule has 2 unspecified atom stereocenters. The average molecular weight is 376 g/mol. The Bertz CT molecular complexity index is 768. The van der Waals surface area contributed by atoms with Gasteiger partial charge in [0.05, 0.1) is 6.61 Å². The van der Waals surface area contributed by atoms with E-state index < -0.39 is 6.04 Å². The number of thioether (sulfide) groups is 1. The molecule has 0 N–H and O–H groups in total. The lowest BCUT2D eigenvalue weighted by Crippen LogP contribution is -2.43. The summed E-state index contributed by atoms with van der Waals surface area (Å²) in [6.07, 6.45) is 0. The predicted molar refractivity (Wildman–Crippen MR) is 99.7 cm³/mol. The van der Waals surface area contributed by atoms with Gasteiger partial charge >= 0.3 is 5.97 Å². The highest BCUT2D eigenvalue weighted by atomic mass is 35.5. The molecule has 1 amide bonds. The van der Waals surface area contributed by atoms with Crippen LogP contribution in [0, 0.1) is 0 Å². The second-order valence-electron chi connectivity index (χ2n) is 5.55. The highest BCUT2D eigenvalue weighted by Crippen LogP contribution is 2.44. The number of hydrogen-bond acceptors (Lipinski definition) is 4. The Hall–Kier alpha value is -1.98. The first-order valence-corrected chi connectivity index (χ1v) is 9.46. The summed E-state index contributed by atoms with van der Waals surface area (Å²) in [7, 11) is 0. The van der Waals surface area contributed by atoms with Crippen LogP contribution in [0.3, 0.4) is 0 Å². The average Bonchev–Trinajstić information content (AvgIpc) is 3.07. The van der Waals surface area contributed by atoms with Crippen LogP contribution in [0.25, 0.3) is 0 Å². The summed E-state index contributed by atoms with van der Waals surface area (Å²) in [5.41, 5.74) is 1.36. The number of esters is 1. The van der Waals surface area contributed by atoms with Crippen LogP contribution in [0.2, 0.25) is 5.02 Å². The number of ether oxygens (including phenoxy) is 1. The predicted octanol–water partition coefficient (Wildman–Crippen LogP) is 4.16. The van der Waals surface area contributed by atoms with E-state index in [1.807, 2.05) is 24.3 Å². The third-order valence-electron chi connectivity index (χ3n) is 3.99. The first-order chi connectivity index (χ1) is 12.1. The first kappa shape index (κ1) is 17.8. The summed E-state index contributed by atoms with van der Waals surface area (Å²) in [5, 5.41) is 0.256. The second-order valence-corrected chi connectivity index (χ2v) is 7.07. The maximum absolute atomic E-state index is 13.1. The van der Waals surface area contributed by atoms with E-state index in [1.165, 1.54) is 11.8 Å². The van der Waals surface area contributed by atoms with Crippen molar-refractivity contribution in [2.45, 2.75) is 18.3 Å². The zero-order chi connectivity index (χ0) is 17.8. The molecule has 2 aromatic rings. The molecular formula is C19H18ClNO3S. The van der Waals surface area contributed by atoms with Gasteiger partial charge in [-0.3, -0.25) is 4.79 Å². The molecule has 0 spiro atoms. The second kappa shape index (κ2) is 7.93. The third-order valence-corrected chi connectivity index (χ3v) is 5.63. The smallest absolute Gasteiger partial charge is 0.329 e. The maximum Gasteiger partial charge on any atom is 0.329 e. The van der Waals surface area contributed by atoms with Gasteiger partial charge in [0.15, 0.2) is 0 Å². The summed E-state index contributed by atoms with van der Waals surface area (Å²) in [4.78, 5) is 27.1. The van der Waals surface area contributed by atoms with Crippen molar-refractivity contribution < 1.29 is 14.3 Å². The molecule has 1 saturated heterocycles. The Kier molecular flexibility index (Phi) is 5.66. The van der Waals surface area contributed by atoms with E-state index >= 15 is 0 Å². The molecule has 1 aliphatic rings. The zero-order valence-electron chi connectivity index (χ0n) is 13.7. The molecule has 1 heterocycles. The quantitative estimate of drug-likeness (QED) is 0.753. The Morgan fingerprint density at radius 3 is 2.52 bits per heavy atom. The van der Waals surface area contributed by atoms with Gasteiger partial charge < -0.3 is 9.64 Å². The Balaban J connectivity index is 1.99. The number of hydrogen-bond donors (Lipinski definition) is 0. The largest absolute Gasteiger partial charge is 0.464 e. The summed E-state index contributed by atoms with van der Waals surface area (Å²) < 4.78 is 5.18. The number of benzene rings is 2. The molecule has 3 rings (SSSR count). The van der Waals surface area contributed by atoms with E-state index in [4.69, 9.17) is 16.3 Å². The maximum atomic E-state index is 13.1. The molecule has 130 valence electrons. The fourth-order valence-electron chi connectivity index (χ4n) is 2.82. The van der Waals surface area contributed by atoms with Crippen LogP contribution in [0.4, 0.5) is 0 Å². The van der Waals surface area contributed by atoms with E-state index in [-0.39, 0.29) is 23.9 Å². The molecule has 25 heavy (non-hydrogen) atoms. The minimum absolute atomic E-state index is 0.200. The van der Waals surface area contributed by atoms with E-state index in [0.29, 0.717) is 16.3 Å². The van der Waals surface area contributed by atoms with Gasteiger partial charge in [-0.2, -0.15) is 0 Å². The van der Waals surface area contributed by atoms with Crippen molar-refractivity contribution in [3.8, 4) is 0 Å². The van der Waals surface area contributed by atoms with E-state index in [9.17, 15) is 9.59 Å². The number of amides is 1. The summed E-state index contributed by atoms with van der Waals surface area (Å²) >= 11 is 7.86. The first-order valence-electron chi connectivity index (χ1n) is 8.04. The van der Waals surface area contributed by atoms with Crippen molar-refractivity contribution in [3.63, 3.8) is 0 Å². The van der Waals surface area contributed by atoms with Crippen molar-refractivity contribution in [1.29, 1.82) is 0 Å². The van der Waals surface area contributed by atoms with E-state index in [2.05, 4.69) is 0 Å². The molecular weight excluding hydrogens is 358 g/mol. The van der Waals surface area contributed by atoms with Gasteiger partial charge in [-0.05, 0) is 25.1 Å². The van der Waals surface area contributed by atoms with E-state index in [0.717, 1.165) is 5.56 Å². The molecule has 0 saturated carbocycles. The van der Waals surface area contributed by atoms with Gasteiger partial charge in [-0.1, -0.05) is 48.0 Å². The molecule has 2 aromatic carbocycles. The van der Waals surface area contributed by atoms with Gasteiger partial charge in [-0.15, -0.1) is 11.8 Å². The SMILES string of the molecule is CCOC(=O)C1CSC(c2ccccc2Cl)N1C(=O)c1ccccc1. The molecule has 1 aliphatic heterocycles. The van der Waals surface area contributed by atoms with Gasteiger partial charge in [0.2, 0.25) is 0 Å². The van der Waals surface area contributed by atoms with Crippen LogP contribution in [0.15, 0.2) is 54.6 Å². The number of rotatable bonds is 4. The van der Waals surface area contributed by atoms with Crippen LogP contribution in [-0.2, 0) is 9.53 Å². The van der Waals surface area contributed by atoms with Gasteiger partial charge in [0.1, 0.15) is 11.4 Å². The fourth-order valence-corrected chi connectivity index (χ4v) is 4.57. The van der Waals surface area contributed by atoms with Gasteiger partial charge in [0, 0.05) is 21.9 Å². The summed E-state index contributed by atoms with van der Waals surface area (Å²) in [6.45, 7) is 2.04. The van der Waals surface area contributed by atoms with Crippen LogP contribution in [-0.4, -0.2) is 35.2 Å². The van der Waals surface area contributed by atoms with Gasteiger partial charge in [0.25, 0.3) is 5.91 Å². The highest BCUT2D eigenvalue weighted by molar-refractivity contribution is 7.99. The van der Waals surface area contributed by atoms with Crippen molar-refractivity contribution in [3.05, 3.63) is 70.7 Å². The zero-order valence-corrected chi connectivity index (χ0v) is 15.3. The van der Waals surface area contributed by atoms with Crippen molar-refractivity contribution in [2.24, 2.45) is 0 Å². The number of carbonyl (C=O) groups is 2. The minimum Gasteiger partial charge on any atom is -0.464 e. The minimum atomic E-state index is -0.626. The summed E-state index contributed by atoms with van der Waals surface area (Å²) in [6, 6.07) is 15.7. The standard InChI is InChI=1S/C19H18ClNO3S/c1-2-24-19(23)16-12-25-18(14-10-6-7-11-15(14)20)21(16)17(22)13-8-4-3-5-9-13/h3-11,16,18H,2,12H2,1H3. The van der Waals surface area contributed by atoms with Crippen LogP contribution >= 0.6 is 23.4 Å². The molecule has 0 bridgehead atoms. The Morgan fingerprint density at radius 2 is 1.84 bits per heavy atom. The molecule has 0 aromatic heterocycles. The van der Waals surface area contributed by atoms with Crippen LogP contribution in [0.5, 0.6) is 0 Å². The lowest BCUT2D eigenvalue weighted by atomic mass is 10.1. The molecule has 2 atom stereocenters. The molecule has 6 heteroatoms. The van der Waals surface area contributed by atoms with Crippen LogP contribution < -0.4 is 0 Å². The highest BCUT2D eigenvalue weighted by Gasteiger charge is 2.43. The molecule has 1 fully saturated rings. The lowest BCUT2D eigenvalue weighted by Gasteiger charge is -2.29. The fraction of sp³-hybridized carbons (Fsp3) is 0.263. The lowest BCUT2D eigenvalue weighted by molar-refractivity contribution is -0.147. The molecule has 4 nitrogen and oxygen atoms in total. The summed E-state index contributed by atoms with van der Waals surface area (Å²) in [5.74, 6) is -0.102. The Labute approximate surface area is 156 Å². The molecule has 0 aliphatic carbocycles.